The lowest BCUT2D eigenvalue weighted by Crippen LogP contribution is -2.43. The maximum Gasteiger partial charge on any atom is 0.250 e. The zero-order valence-electron chi connectivity index (χ0n) is 19.9. The van der Waals surface area contributed by atoms with Crippen molar-refractivity contribution >= 4 is 22.6 Å². The zero-order valence-corrected chi connectivity index (χ0v) is 20.6. The van der Waals surface area contributed by atoms with Crippen molar-refractivity contribution < 1.29 is 4.74 Å². The summed E-state index contributed by atoms with van der Waals surface area (Å²) in [4.78, 5) is 19.0. The SMILES string of the molecule is C=C(/C=C1/CCCO/C1=C/N)CNC1CCN(CCc2c(Cl)cnc3ccc(=O)n(C)c23)CC1. The van der Waals surface area contributed by atoms with Gasteiger partial charge >= 0.3 is 0 Å². The number of nitrogens with two attached hydrogens (primary N) is 1. The molecule has 0 atom stereocenters. The highest BCUT2D eigenvalue weighted by Gasteiger charge is 2.20. The van der Waals surface area contributed by atoms with E-state index in [-0.39, 0.29) is 5.56 Å². The molecule has 3 N–H and O–H groups in total. The number of pyridine rings is 2. The quantitative estimate of drug-likeness (QED) is 0.628. The van der Waals surface area contributed by atoms with Crippen molar-refractivity contribution in [3.63, 3.8) is 0 Å². The van der Waals surface area contributed by atoms with Gasteiger partial charge in [-0.2, -0.15) is 0 Å². The highest BCUT2D eigenvalue weighted by Crippen LogP contribution is 2.25. The van der Waals surface area contributed by atoms with Crippen molar-refractivity contribution in [3.05, 3.63) is 75.0 Å². The number of piperidine rings is 1. The summed E-state index contributed by atoms with van der Waals surface area (Å²) in [7, 11) is 1.78. The Hall–Kier alpha value is -2.61. The van der Waals surface area contributed by atoms with Gasteiger partial charge in [-0.1, -0.05) is 24.3 Å². The van der Waals surface area contributed by atoms with Crippen LogP contribution in [0.25, 0.3) is 11.0 Å². The van der Waals surface area contributed by atoms with Crippen molar-refractivity contribution in [2.45, 2.75) is 38.1 Å². The first-order chi connectivity index (χ1) is 16.5. The van der Waals surface area contributed by atoms with Crippen LogP contribution in [0.2, 0.25) is 5.02 Å². The van der Waals surface area contributed by atoms with Crippen molar-refractivity contribution in [1.82, 2.24) is 19.8 Å². The molecule has 2 aliphatic rings. The second-order valence-electron chi connectivity index (χ2n) is 9.11. The second kappa shape index (κ2) is 11.2. The van der Waals surface area contributed by atoms with Crippen molar-refractivity contribution in [3.8, 4) is 0 Å². The van der Waals surface area contributed by atoms with Crippen LogP contribution in [0.4, 0.5) is 0 Å². The summed E-state index contributed by atoms with van der Waals surface area (Å²) in [5.74, 6) is 0.780. The topological polar surface area (TPSA) is 85.4 Å². The molecule has 0 aromatic carbocycles. The van der Waals surface area contributed by atoms with E-state index in [4.69, 9.17) is 22.1 Å². The summed E-state index contributed by atoms with van der Waals surface area (Å²) in [6, 6.07) is 3.80. The van der Waals surface area contributed by atoms with Crippen LogP contribution in [0.3, 0.4) is 0 Å². The molecule has 2 saturated heterocycles. The van der Waals surface area contributed by atoms with Crippen LogP contribution in [0.5, 0.6) is 0 Å². The normalized spacial score (nSPS) is 20.2. The van der Waals surface area contributed by atoms with E-state index in [1.807, 2.05) is 0 Å². The standard InChI is InChI=1S/C26H34ClN5O2/c1-18(14-19-4-3-13-34-24(19)15-28)16-29-20-7-10-32(11-8-20)12-9-21-22(27)17-30-23-5-6-25(33)31(2)26(21)23/h5-6,14-15,17,20,29H,1,3-4,7-13,16,28H2,2H3/b19-14-,24-15+. The van der Waals surface area contributed by atoms with Gasteiger partial charge in [0.05, 0.1) is 22.7 Å². The Morgan fingerprint density at radius 2 is 2.18 bits per heavy atom. The van der Waals surface area contributed by atoms with Crippen molar-refractivity contribution in [1.29, 1.82) is 0 Å². The number of ether oxygens (including phenoxy) is 1. The van der Waals surface area contributed by atoms with Crippen LogP contribution in [0.1, 0.15) is 31.2 Å². The molecule has 0 aliphatic carbocycles. The molecular formula is C26H34ClN5O2. The fourth-order valence-electron chi connectivity index (χ4n) is 4.80. The Morgan fingerprint density at radius 3 is 2.94 bits per heavy atom. The fraction of sp³-hybridized carbons (Fsp3) is 0.462. The Kier molecular flexibility index (Phi) is 8.08. The van der Waals surface area contributed by atoms with Crippen LogP contribution in [-0.4, -0.2) is 53.3 Å². The van der Waals surface area contributed by atoms with Crippen LogP contribution in [0.15, 0.2) is 58.9 Å². The minimum Gasteiger partial charge on any atom is -0.492 e. The van der Waals surface area contributed by atoms with Crippen LogP contribution >= 0.6 is 11.6 Å². The smallest absolute Gasteiger partial charge is 0.250 e. The van der Waals surface area contributed by atoms with Crippen molar-refractivity contribution in [2.24, 2.45) is 12.8 Å². The van der Waals surface area contributed by atoms with E-state index in [9.17, 15) is 4.79 Å². The summed E-state index contributed by atoms with van der Waals surface area (Å²) < 4.78 is 7.26. The van der Waals surface area contributed by atoms with Gasteiger partial charge in [0, 0.05) is 44.6 Å². The molecule has 2 aliphatic heterocycles. The van der Waals surface area contributed by atoms with E-state index in [0.717, 1.165) is 98.4 Å². The molecule has 0 spiro atoms. The van der Waals surface area contributed by atoms with Gasteiger partial charge in [-0.3, -0.25) is 9.78 Å². The minimum absolute atomic E-state index is 0.0479. The van der Waals surface area contributed by atoms with Gasteiger partial charge in [-0.05, 0) is 68.0 Å². The van der Waals surface area contributed by atoms with E-state index in [1.54, 1.807) is 36.1 Å². The largest absolute Gasteiger partial charge is 0.492 e. The molecule has 0 unspecified atom stereocenters. The predicted molar refractivity (Wildman–Crippen MR) is 138 cm³/mol. The summed E-state index contributed by atoms with van der Waals surface area (Å²) >= 11 is 6.49. The van der Waals surface area contributed by atoms with Gasteiger partial charge < -0.3 is 25.3 Å². The summed E-state index contributed by atoms with van der Waals surface area (Å²) in [6.45, 7) is 8.66. The number of aryl methyl sites for hydroxylation is 1. The second-order valence-corrected chi connectivity index (χ2v) is 9.51. The summed E-state index contributed by atoms with van der Waals surface area (Å²) in [6.07, 6.45) is 10.3. The number of nitrogens with zero attached hydrogens (tertiary/aromatic N) is 3. The van der Waals surface area contributed by atoms with Gasteiger partial charge in [0.15, 0.2) is 0 Å². The number of fused-ring (bicyclic) bond motifs is 1. The Labute approximate surface area is 205 Å². The molecule has 2 aromatic heterocycles. The molecule has 0 saturated carbocycles. The average molecular weight is 484 g/mol. The molecular weight excluding hydrogens is 450 g/mol. The summed E-state index contributed by atoms with van der Waals surface area (Å²) in [5, 5.41) is 4.27. The molecule has 34 heavy (non-hydrogen) atoms. The van der Waals surface area contributed by atoms with Crippen LogP contribution < -0.4 is 16.6 Å². The number of hydrogen-bond donors (Lipinski definition) is 2. The lowest BCUT2D eigenvalue weighted by molar-refractivity contribution is 0.193. The molecule has 2 fully saturated rings. The number of nitrogens with one attached hydrogen (secondary N) is 1. The third-order valence-electron chi connectivity index (χ3n) is 6.76. The molecule has 2 aromatic rings. The van der Waals surface area contributed by atoms with Gasteiger partial charge in [-0.15, -0.1) is 0 Å². The molecule has 4 heterocycles. The Morgan fingerprint density at radius 1 is 1.38 bits per heavy atom. The molecule has 0 radical (unpaired) electrons. The molecule has 8 heteroatoms. The minimum atomic E-state index is -0.0479. The first kappa shape index (κ1) is 24.5. The van der Waals surface area contributed by atoms with Crippen molar-refractivity contribution in [2.75, 3.05) is 32.8 Å². The number of halogens is 1. The zero-order chi connectivity index (χ0) is 24.1. The third kappa shape index (κ3) is 5.71. The number of likely N-dealkylation sites (tertiary alicyclic amines) is 1. The molecule has 4 rings (SSSR count). The Bertz CT molecular complexity index is 1160. The third-order valence-corrected chi connectivity index (χ3v) is 7.09. The maximum absolute atomic E-state index is 12.1. The van der Waals surface area contributed by atoms with E-state index >= 15 is 0 Å². The molecule has 7 nitrogen and oxygen atoms in total. The van der Waals surface area contributed by atoms with E-state index in [2.05, 4.69) is 27.9 Å². The van der Waals surface area contributed by atoms with Gasteiger partial charge in [-0.25, -0.2) is 0 Å². The lowest BCUT2D eigenvalue weighted by atomic mass is 10.0. The van der Waals surface area contributed by atoms with E-state index in [0.29, 0.717) is 11.1 Å². The van der Waals surface area contributed by atoms with Gasteiger partial charge in [0.1, 0.15) is 5.76 Å². The number of aromatic nitrogens is 2. The van der Waals surface area contributed by atoms with Gasteiger partial charge in [0.2, 0.25) is 0 Å². The number of rotatable bonds is 7. The highest BCUT2D eigenvalue weighted by atomic mass is 35.5. The maximum atomic E-state index is 12.1. The summed E-state index contributed by atoms with van der Waals surface area (Å²) in [5.41, 5.74) is 10.4. The van der Waals surface area contributed by atoms with E-state index in [1.165, 1.54) is 0 Å². The average Bonchev–Trinajstić information content (AvgIpc) is 2.85. The van der Waals surface area contributed by atoms with Gasteiger partial charge in [0.25, 0.3) is 5.56 Å². The lowest BCUT2D eigenvalue weighted by Gasteiger charge is -2.32. The monoisotopic (exact) mass is 483 g/mol. The number of hydrogen-bond acceptors (Lipinski definition) is 6. The van der Waals surface area contributed by atoms with E-state index < -0.39 is 0 Å². The first-order valence-corrected chi connectivity index (χ1v) is 12.4. The fourth-order valence-corrected chi connectivity index (χ4v) is 5.03. The Balaban J connectivity index is 1.27. The predicted octanol–water partition coefficient (Wildman–Crippen LogP) is 3.28. The highest BCUT2D eigenvalue weighted by molar-refractivity contribution is 6.32. The molecule has 182 valence electrons. The van der Waals surface area contributed by atoms with Crippen LogP contribution in [-0.2, 0) is 18.2 Å². The first-order valence-electron chi connectivity index (χ1n) is 12.0. The van der Waals surface area contributed by atoms with Crippen LogP contribution in [0, 0.1) is 0 Å². The molecule has 0 bridgehead atoms. The molecule has 0 amide bonds. The number of allylic oxidation sites excluding steroid dienone is 1.